The molecule has 1 N–H and O–H groups in total. The molecule has 1 aliphatic carbocycles. The Morgan fingerprint density at radius 2 is 2.19 bits per heavy atom. The van der Waals surface area contributed by atoms with Crippen LogP contribution in [-0.2, 0) is 12.8 Å². The van der Waals surface area contributed by atoms with E-state index in [1.807, 2.05) is 0 Å². The largest absolute Gasteiger partial charge is 0.330 e. The first-order valence-corrected chi connectivity index (χ1v) is 6.62. The predicted octanol–water partition coefficient (Wildman–Crippen LogP) is 2.07. The highest BCUT2D eigenvalue weighted by molar-refractivity contribution is 5.17. The number of nitrogens with one attached hydrogen (secondary N) is 1. The lowest BCUT2D eigenvalue weighted by molar-refractivity contribution is 0.315. The van der Waals surface area contributed by atoms with Gasteiger partial charge in [0.1, 0.15) is 0 Å². The third-order valence-corrected chi connectivity index (χ3v) is 4.09. The summed E-state index contributed by atoms with van der Waals surface area (Å²) in [4.78, 5) is 4.59. The Morgan fingerprint density at radius 1 is 1.31 bits per heavy atom. The number of imidazole rings is 1. The van der Waals surface area contributed by atoms with Crippen molar-refractivity contribution in [1.29, 1.82) is 0 Å². The molecule has 1 fully saturated rings. The summed E-state index contributed by atoms with van der Waals surface area (Å²) in [6, 6.07) is 1.33. The van der Waals surface area contributed by atoms with Crippen LogP contribution in [0.1, 0.15) is 50.0 Å². The number of nitrogens with zero attached hydrogens (tertiary/aromatic N) is 2. The van der Waals surface area contributed by atoms with Crippen LogP contribution in [0.2, 0.25) is 0 Å². The number of piperidine rings is 1. The lowest BCUT2D eigenvalue weighted by atomic mass is 9.98. The Balaban J connectivity index is 1.81. The first-order valence-electron chi connectivity index (χ1n) is 6.62. The van der Waals surface area contributed by atoms with Crippen molar-refractivity contribution in [2.45, 2.75) is 57.5 Å². The van der Waals surface area contributed by atoms with E-state index < -0.39 is 0 Å². The Morgan fingerprint density at radius 3 is 3.00 bits per heavy atom. The van der Waals surface area contributed by atoms with Crippen LogP contribution < -0.4 is 5.32 Å². The van der Waals surface area contributed by atoms with Crippen LogP contribution in [0.15, 0.2) is 6.33 Å². The summed E-state index contributed by atoms with van der Waals surface area (Å²) in [6.45, 7) is 3.39. The van der Waals surface area contributed by atoms with Crippen molar-refractivity contribution in [1.82, 2.24) is 14.9 Å². The van der Waals surface area contributed by atoms with Gasteiger partial charge in [-0.05, 0) is 45.4 Å². The molecule has 0 bridgehead atoms. The second-order valence-electron chi connectivity index (χ2n) is 5.29. The highest BCUT2D eigenvalue weighted by Gasteiger charge is 2.23. The first-order chi connectivity index (χ1) is 7.84. The maximum absolute atomic E-state index is 4.59. The molecule has 3 rings (SSSR count). The summed E-state index contributed by atoms with van der Waals surface area (Å²) in [6.07, 6.45) is 9.77. The minimum absolute atomic E-state index is 0.644. The molecule has 2 aliphatic rings. The molecule has 88 valence electrons. The van der Waals surface area contributed by atoms with Gasteiger partial charge in [-0.25, -0.2) is 4.98 Å². The average molecular weight is 219 g/mol. The van der Waals surface area contributed by atoms with Gasteiger partial charge in [-0.2, -0.15) is 0 Å². The van der Waals surface area contributed by atoms with Crippen molar-refractivity contribution in [2.24, 2.45) is 0 Å². The molecule has 2 atom stereocenters. The third-order valence-electron chi connectivity index (χ3n) is 4.09. The first kappa shape index (κ1) is 10.3. The normalized spacial score (nSPS) is 30.1. The molecule has 1 aromatic heterocycles. The summed E-state index contributed by atoms with van der Waals surface area (Å²) >= 11 is 0. The zero-order valence-electron chi connectivity index (χ0n) is 10.1. The molecule has 1 saturated heterocycles. The second kappa shape index (κ2) is 4.21. The monoisotopic (exact) mass is 219 g/mol. The minimum Gasteiger partial charge on any atom is -0.330 e. The van der Waals surface area contributed by atoms with Crippen LogP contribution in [0, 0.1) is 0 Å². The van der Waals surface area contributed by atoms with E-state index in [4.69, 9.17) is 0 Å². The lowest BCUT2D eigenvalue weighted by Crippen LogP contribution is -2.38. The average Bonchev–Trinajstić information content (AvgIpc) is 2.74. The van der Waals surface area contributed by atoms with E-state index in [0.29, 0.717) is 12.1 Å². The SMILES string of the molecule is CC1CCC(n2cnc3c2CCCC3)CN1. The Labute approximate surface area is 97.3 Å². The molecular weight excluding hydrogens is 198 g/mol. The van der Waals surface area contributed by atoms with Gasteiger partial charge in [-0.1, -0.05) is 0 Å². The van der Waals surface area contributed by atoms with E-state index in [9.17, 15) is 0 Å². The molecule has 0 spiro atoms. The molecule has 0 amide bonds. The fourth-order valence-corrected chi connectivity index (χ4v) is 3.03. The zero-order chi connectivity index (χ0) is 11.0. The highest BCUT2D eigenvalue weighted by Crippen LogP contribution is 2.26. The summed E-state index contributed by atoms with van der Waals surface area (Å²) in [7, 11) is 0. The van der Waals surface area contributed by atoms with E-state index in [2.05, 4.69) is 28.1 Å². The van der Waals surface area contributed by atoms with Crippen LogP contribution in [0.25, 0.3) is 0 Å². The van der Waals surface area contributed by atoms with E-state index in [-0.39, 0.29) is 0 Å². The van der Waals surface area contributed by atoms with Crippen LogP contribution in [0.4, 0.5) is 0 Å². The summed E-state index contributed by atoms with van der Waals surface area (Å²) in [5.74, 6) is 0. The van der Waals surface area contributed by atoms with Crippen LogP contribution in [0.5, 0.6) is 0 Å². The minimum atomic E-state index is 0.644. The lowest BCUT2D eigenvalue weighted by Gasteiger charge is -2.30. The van der Waals surface area contributed by atoms with Gasteiger partial charge in [0.2, 0.25) is 0 Å². The highest BCUT2D eigenvalue weighted by atomic mass is 15.1. The van der Waals surface area contributed by atoms with Crippen molar-refractivity contribution in [3.63, 3.8) is 0 Å². The number of hydrogen-bond acceptors (Lipinski definition) is 2. The van der Waals surface area contributed by atoms with Gasteiger partial charge in [0, 0.05) is 24.3 Å². The smallest absolute Gasteiger partial charge is 0.0954 e. The maximum atomic E-state index is 4.59. The van der Waals surface area contributed by atoms with Crippen LogP contribution in [-0.4, -0.2) is 22.1 Å². The summed E-state index contributed by atoms with van der Waals surface area (Å²) in [5.41, 5.74) is 2.89. The van der Waals surface area contributed by atoms with Crippen molar-refractivity contribution < 1.29 is 0 Å². The van der Waals surface area contributed by atoms with E-state index >= 15 is 0 Å². The Hall–Kier alpha value is -0.830. The topological polar surface area (TPSA) is 29.9 Å². The van der Waals surface area contributed by atoms with Gasteiger partial charge in [0.05, 0.1) is 12.0 Å². The van der Waals surface area contributed by atoms with Crippen molar-refractivity contribution >= 4 is 0 Å². The molecule has 3 nitrogen and oxygen atoms in total. The standard InChI is InChI=1S/C13H21N3/c1-10-6-7-11(8-14-10)16-9-15-12-4-2-3-5-13(12)16/h9-11,14H,2-8H2,1H3. The maximum Gasteiger partial charge on any atom is 0.0954 e. The van der Waals surface area contributed by atoms with E-state index in [1.165, 1.54) is 49.9 Å². The predicted molar refractivity (Wildman–Crippen MR) is 64.6 cm³/mol. The Kier molecular flexibility index (Phi) is 2.72. The van der Waals surface area contributed by atoms with Gasteiger partial charge >= 0.3 is 0 Å². The molecule has 2 heterocycles. The molecule has 0 aromatic carbocycles. The fraction of sp³-hybridized carbons (Fsp3) is 0.769. The molecule has 1 aromatic rings. The number of aromatic nitrogens is 2. The van der Waals surface area contributed by atoms with Gasteiger partial charge in [0.25, 0.3) is 0 Å². The van der Waals surface area contributed by atoms with Gasteiger partial charge in [0.15, 0.2) is 0 Å². The quantitative estimate of drug-likeness (QED) is 0.783. The summed E-state index contributed by atoms with van der Waals surface area (Å²) < 4.78 is 2.45. The molecule has 16 heavy (non-hydrogen) atoms. The number of rotatable bonds is 1. The van der Waals surface area contributed by atoms with Crippen molar-refractivity contribution in [2.75, 3.05) is 6.54 Å². The number of hydrogen-bond donors (Lipinski definition) is 1. The van der Waals surface area contributed by atoms with Crippen molar-refractivity contribution in [3.05, 3.63) is 17.7 Å². The van der Waals surface area contributed by atoms with Crippen LogP contribution in [0.3, 0.4) is 0 Å². The van der Waals surface area contributed by atoms with Gasteiger partial charge in [-0.15, -0.1) is 0 Å². The third kappa shape index (κ3) is 1.77. The zero-order valence-corrected chi connectivity index (χ0v) is 10.1. The Bertz CT molecular complexity index is 361. The molecule has 3 heteroatoms. The fourth-order valence-electron chi connectivity index (χ4n) is 3.03. The van der Waals surface area contributed by atoms with E-state index in [1.54, 1.807) is 0 Å². The molecule has 2 unspecified atom stereocenters. The number of aryl methyl sites for hydroxylation is 1. The second-order valence-corrected chi connectivity index (χ2v) is 5.29. The molecule has 0 saturated carbocycles. The summed E-state index contributed by atoms with van der Waals surface area (Å²) in [5, 5.41) is 3.58. The van der Waals surface area contributed by atoms with Gasteiger partial charge < -0.3 is 9.88 Å². The molecule has 1 aliphatic heterocycles. The van der Waals surface area contributed by atoms with Gasteiger partial charge in [-0.3, -0.25) is 0 Å². The van der Waals surface area contributed by atoms with Crippen molar-refractivity contribution in [3.8, 4) is 0 Å². The molecular formula is C13H21N3. The number of fused-ring (bicyclic) bond motifs is 1. The molecule has 0 radical (unpaired) electrons. The van der Waals surface area contributed by atoms with E-state index in [0.717, 1.165) is 6.54 Å². The van der Waals surface area contributed by atoms with Crippen LogP contribution >= 0.6 is 0 Å².